The maximum atomic E-state index is 13.7. The second-order valence-electron chi connectivity index (χ2n) is 9.62. The fraction of sp³-hybridized carbons (Fsp3) is 0.333. The number of likely N-dealkylation sites (tertiary alicyclic amines) is 1. The van der Waals surface area contributed by atoms with Gasteiger partial charge in [0.1, 0.15) is 17.4 Å². The normalized spacial score (nSPS) is 17.8. The number of carboxylic acids is 1. The van der Waals surface area contributed by atoms with Crippen LogP contribution in [0.4, 0.5) is 22.4 Å². The molecule has 2 N–H and O–H groups in total. The maximum absolute atomic E-state index is 13.7. The van der Waals surface area contributed by atoms with E-state index in [-0.39, 0.29) is 11.7 Å². The number of aromatic nitrogens is 2. The molecular formula is C27H27F4N5O4. The number of carboxylic acid groups (broad SMARTS) is 1. The van der Waals surface area contributed by atoms with Crippen molar-refractivity contribution in [3.8, 4) is 0 Å². The molecule has 212 valence electrons. The lowest BCUT2D eigenvalue weighted by Gasteiger charge is -2.37. The molecule has 0 radical (unpaired) electrons. The van der Waals surface area contributed by atoms with Gasteiger partial charge in [0.2, 0.25) is 0 Å². The van der Waals surface area contributed by atoms with E-state index in [0.717, 1.165) is 6.54 Å². The number of imide groups is 1. The topological polar surface area (TPSA) is 108 Å². The summed E-state index contributed by atoms with van der Waals surface area (Å²) in [6.45, 7) is 2.23. The van der Waals surface area contributed by atoms with Gasteiger partial charge in [-0.05, 0) is 42.2 Å². The molecule has 0 bridgehead atoms. The molecule has 2 aromatic carbocycles. The van der Waals surface area contributed by atoms with E-state index in [0.29, 0.717) is 37.2 Å². The Bertz CT molecular complexity index is 1350. The van der Waals surface area contributed by atoms with E-state index in [2.05, 4.69) is 27.4 Å². The lowest BCUT2D eigenvalue weighted by Crippen LogP contribution is -2.54. The molecule has 2 aliphatic heterocycles. The van der Waals surface area contributed by atoms with Crippen LogP contribution in [0.5, 0.6) is 0 Å². The number of benzene rings is 2. The Hall–Kier alpha value is -4.26. The molecular weight excluding hydrogens is 534 g/mol. The number of hydrogen-bond donors (Lipinski definition) is 2. The zero-order valence-corrected chi connectivity index (χ0v) is 21.4. The summed E-state index contributed by atoms with van der Waals surface area (Å²) in [4.78, 5) is 39.4. The summed E-state index contributed by atoms with van der Waals surface area (Å²) >= 11 is 0. The Morgan fingerprint density at radius 1 is 1.05 bits per heavy atom. The summed E-state index contributed by atoms with van der Waals surface area (Å²) in [6.07, 6.45) is -2.24. The number of halogens is 4. The van der Waals surface area contributed by atoms with E-state index in [1.165, 1.54) is 22.6 Å². The van der Waals surface area contributed by atoms with Crippen LogP contribution in [-0.4, -0.2) is 67.4 Å². The number of aliphatic carboxylic acids is 1. The molecule has 0 aliphatic carbocycles. The average molecular weight is 562 g/mol. The first-order valence-electron chi connectivity index (χ1n) is 12.4. The molecule has 2 fully saturated rings. The third-order valence-electron chi connectivity index (χ3n) is 6.85. The van der Waals surface area contributed by atoms with Gasteiger partial charge in [-0.1, -0.05) is 42.5 Å². The summed E-state index contributed by atoms with van der Waals surface area (Å²) in [5, 5.41) is 14.6. The van der Waals surface area contributed by atoms with Gasteiger partial charge < -0.3 is 10.4 Å². The second-order valence-corrected chi connectivity index (χ2v) is 9.62. The van der Waals surface area contributed by atoms with Gasteiger partial charge in [-0.3, -0.25) is 14.4 Å². The largest absolute Gasteiger partial charge is 0.490 e. The molecule has 3 amide bonds. The van der Waals surface area contributed by atoms with E-state index in [1.807, 2.05) is 18.2 Å². The minimum atomic E-state index is -5.08. The van der Waals surface area contributed by atoms with Crippen LogP contribution < -0.4 is 5.32 Å². The molecule has 13 heteroatoms. The number of alkyl halides is 3. The first-order chi connectivity index (χ1) is 18.9. The van der Waals surface area contributed by atoms with Gasteiger partial charge in [-0.25, -0.2) is 18.9 Å². The zero-order valence-electron chi connectivity index (χ0n) is 21.4. The number of hydrogen-bond acceptors (Lipinski definition) is 5. The number of carbonyl (C=O) groups excluding carboxylic acids is 2. The number of nitrogens with zero attached hydrogens (tertiary/aromatic N) is 4. The minimum Gasteiger partial charge on any atom is -0.475 e. The smallest absolute Gasteiger partial charge is 0.475 e. The summed E-state index contributed by atoms with van der Waals surface area (Å²) in [5.74, 6) is -3.38. The molecule has 2 saturated heterocycles. The molecule has 1 unspecified atom stereocenters. The van der Waals surface area contributed by atoms with Gasteiger partial charge in [0.25, 0.3) is 5.91 Å². The van der Waals surface area contributed by atoms with Crippen molar-refractivity contribution in [1.29, 1.82) is 0 Å². The number of nitrogens with one attached hydrogen (secondary N) is 1. The summed E-state index contributed by atoms with van der Waals surface area (Å²) in [5.41, 5.74) is 1.50. The highest BCUT2D eigenvalue weighted by Gasteiger charge is 2.55. The Kier molecular flexibility index (Phi) is 8.24. The van der Waals surface area contributed by atoms with E-state index in [4.69, 9.17) is 9.90 Å². The van der Waals surface area contributed by atoms with Crippen LogP contribution >= 0.6 is 0 Å². The van der Waals surface area contributed by atoms with Gasteiger partial charge in [0.05, 0.1) is 5.69 Å². The van der Waals surface area contributed by atoms with Gasteiger partial charge >= 0.3 is 18.2 Å². The highest BCUT2D eigenvalue weighted by molar-refractivity contribution is 6.07. The van der Waals surface area contributed by atoms with Gasteiger partial charge in [0, 0.05) is 32.9 Å². The Balaban J connectivity index is 0.000000470. The number of urea groups is 1. The van der Waals surface area contributed by atoms with E-state index in [1.54, 1.807) is 36.1 Å². The van der Waals surface area contributed by atoms with Crippen molar-refractivity contribution in [2.75, 3.05) is 13.1 Å². The molecule has 0 saturated carbocycles. The highest BCUT2D eigenvalue weighted by Crippen LogP contribution is 2.37. The first-order valence-corrected chi connectivity index (χ1v) is 12.4. The minimum absolute atomic E-state index is 0.244. The second kappa shape index (κ2) is 11.5. The van der Waals surface area contributed by atoms with Crippen LogP contribution in [0.15, 0.2) is 66.9 Å². The number of piperidine rings is 1. The van der Waals surface area contributed by atoms with Crippen molar-refractivity contribution >= 4 is 17.9 Å². The SMILES string of the molecule is Cn1ccc(C(c2ccc(F)cc2)N2C(=O)NC3(CCN(Cc4ccccc4)CC3)C2=O)n1.O=C(O)C(F)(F)F. The molecule has 3 aromatic rings. The van der Waals surface area contributed by atoms with Gasteiger partial charge in [-0.2, -0.15) is 18.3 Å². The summed E-state index contributed by atoms with van der Waals surface area (Å²) in [6, 6.07) is 16.7. The predicted molar refractivity (Wildman–Crippen MR) is 134 cm³/mol. The Labute approximate surface area is 227 Å². The molecule has 1 atom stereocenters. The number of amides is 3. The van der Waals surface area contributed by atoms with E-state index in [9.17, 15) is 27.2 Å². The maximum Gasteiger partial charge on any atom is 0.490 e. The quantitative estimate of drug-likeness (QED) is 0.362. The summed E-state index contributed by atoms with van der Waals surface area (Å²) in [7, 11) is 1.78. The molecule has 3 heterocycles. The van der Waals surface area contributed by atoms with E-state index < -0.39 is 29.8 Å². The molecule has 2 aliphatic rings. The van der Waals surface area contributed by atoms with Crippen molar-refractivity contribution in [1.82, 2.24) is 24.9 Å². The lowest BCUT2D eigenvalue weighted by atomic mass is 9.86. The molecule has 1 aromatic heterocycles. The van der Waals surface area contributed by atoms with Crippen molar-refractivity contribution in [3.05, 3.63) is 89.5 Å². The predicted octanol–water partition coefficient (Wildman–Crippen LogP) is 3.87. The first kappa shape index (κ1) is 28.7. The number of rotatable bonds is 5. The van der Waals surface area contributed by atoms with Crippen LogP contribution in [0.25, 0.3) is 0 Å². The fourth-order valence-corrected chi connectivity index (χ4v) is 4.83. The van der Waals surface area contributed by atoms with Crippen molar-refractivity contribution < 1.29 is 37.1 Å². The summed E-state index contributed by atoms with van der Waals surface area (Å²) < 4.78 is 46.9. The molecule has 9 nitrogen and oxygen atoms in total. The van der Waals surface area contributed by atoms with E-state index >= 15 is 0 Å². The van der Waals surface area contributed by atoms with Gasteiger partial charge in [-0.15, -0.1) is 0 Å². The Morgan fingerprint density at radius 2 is 1.65 bits per heavy atom. The van der Waals surface area contributed by atoms with Crippen LogP contribution in [0, 0.1) is 5.82 Å². The molecule has 40 heavy (non-hydrogen) atoms. The fourth-order valence-electron chi connectivity index (χ4n) is 4.83. The highest BCUT2D eigenvalue weighted by atomic mass is 19.4. The van der Waals surface area contributed by atoms with Crippen LogP contribution in [0.3, 0.4) is 0 Å². The third kappa shape index (κ3) is 6.30. The molecule has 5 rings (SSSR count). The van der Waals surface area contributed by atoms with Gasteiger partial charge in [0.15, 0.2) is 0 Å². The third-order valence-corrected chi connectivity index (χ3v) is 6.85. The van der Waals surface area contributed by atoms with Crippen molar-refractivity contribution in [2.24, 2.45) is 7.05 Å². The van der Waals surface area contributed by atoms with Crippen LogP contribution in [0.1, 0.15) is 35.7 Å². The van der Waals surface area contributed by atoms with Crippen molar-refractivity contribution in [2.45, 2.75) is 37.1 Å². The number of aryl methyl sites for hydroxylation is 1. The van der Waals surface area contributed by atoms with Crippen LogP contribution in [-0.2, 0) is 23.2 Å². The van der Waals surface area contributed by atoms with Crippen LogP contribution in [0.2, 0.25) is 0 Å². The standard InChI is InChI=1S/C25H26FN5O2.C2HF3O2/c1-29-14-11-21(28-29)22(19-7-9-20(26)10-8-19)31-23(32)25(27-24(31)33)12-15-30(16-13-25)17-18-5-3-2-4-6-18;3-2(4,5)1(6)7/h2-11,14,22H,12-13,15-17H2,1H3,(H,27,33);(H,6,7). The number of carbonyl (C=O) groups is 3. The molecule has 1 spiro atoms. The zero-order chi connectivity index (χ0) is 29.1. The lowest BCUT2D eigenvalue weighted by molar-refractivity contribution is -0.192. The average Bonchev–Trinajstić information content (AvgIpc) is 3.43. The monoisotopic (exact) mass is 561 g/mol. The Morgan fingerprint density at radius 3 is 2.17 bits per heavy atom. The van der Waals surface area contributed by atoms with Crippen molar-refractivity contribution in [3.63, 3.8) is 0 Å².